The summed E-state index contributed by atoms with van der Waals surface area (Å²) in [5.41, 5.74) is 0. The highest BCUT2D eigenvalue weighted by atomic mass is 16.4. The SMILES string of the molecule is O=C(O)C1CC[N]CC1C(=O)O. The van der Waals surface area contributed by atoms with Crippen LogP contribution in [0.15, 0.2) is 0 Å². The monoisotopic (exact) mass is 172 g/mol. The molecule has 0 aliphatic carbocycles. The van der Waals surface area contributed by atoms with E-state index in [4.69, 9.17) is 10.2 Å². The Labute approximate surface area is 69.4 Å². The van der Waals surface area contributed by atoms with Crippen molar-refractivity contribution in [3.05, 3.63) is 0 Å². The van der Waals surface area contributed by atoms with Crippen LogP contribution < -0.4 is 5.32 Å². The van der Waals surface area contributed by atoms with Crippen molar-refractivity contribution in [3.8, 4) is 0 Å². The summed E-state index contributed by atoms with van der Waals surface area (Å²) < 4.78 is 0. The lowest BCUT2D eigenvalue weighted by molar-refractivity contribution is -0.154. The molecule has 1 heterocycles. The molecule has 0 aromatic carbocycles. The van der Waals surface area contributed by atoms with Crippen LogP contribution in [0.5, 0.6) is 0 Å². The van der Waals surface area contributed by atoms with Gasteiger partial charge >= 0.3 is 11.9 Å². The summed E-state index contributed by atoms with van der Waals surface area (Å²) in [6, 6.07) is 0. The summed E-state index contributed by atoms with van der Waals surface area (Å²) in [5, 5.41) is 21.2. The third kappa shape index (κ3) is 1.73. The van der Waals surface area contributed by atoms with E-state index in [1.54, 1.807) is 0 Å². The Kier molecular flexibility index (Phi) is 2.65. The number of hydrogen-bond acceptors (Lipinski definition) is 2. The topological polar surface area (TPSA) is 88.7 Å². The first-order valence-electron chi connectivity index (χ1n) is 3.72. The molecule has 12 heavy (non-hydrogen) atoms. The van der Waals surface area contributed by atoms with Gasteiger partial charge in [0.1, 0.15) is 0 Å². The molecule has 2 atom stereocenters. The van der Waals surface area contributed by atoms with Crippen LogP contribution in [0, 0.1) is 11.8 Å². The van der Waals surface area contributed by atoms with Gasteiger partial charge in [0.2, 0.25) is 0 Å². The first-order valence-corrected chi connectivity index (χ1v) is 3.72. The van der Waals surface area contributed by atoms with Gasteiger partial charge in [-0.1, -0.05) is 0 Å². The number of carboxylic acids is 2. The summed E-state index contributed by atoms with van der Waals surface area (Å²) in [6.07, 6.45) is 0.340. The van der Waals surface area contributed by atoms with Crippen molar-refractivity contribution in [1.29, 1.82) is 0 Å². The van der Waals surface area contributed by atoms with Gasteiger partial charge in [0.15, 0.2) is 0 Å². The maximum absolute atomic E-state index is 10.6. The van der Waals surface area contributed by atoms with E-state index in [0.717, 1.165) is 0 Å². The van der Waals surface area contributed by atoms with Crippen LogP contribution in [0.4, 0.5) is 0 Å². The molecule has 1 aliphatic rings. The van der Waals surface area contributed by atoms with Crippen LogP contribution in [0.3, 0.4) is 0 Å². The number of aliphatic carboxylic acids is 2. The van der Waals surface area contributed by atoms with E-state index in [1.807, 2.05) is 0 Å². The molecule has 5 nitrogen and oxygen atoms in total. The van der Waals surface area contributed by atoms with E-state index in [0.29, 0.717) is 13.0 Å². The molecule has 1 rings (SSSR count). The Morgan fingerprint density at radius 3 is 2.17 bits per heavy atom. The molecule has 0 aromatic heterocycles. The fourth-order valence-electron chi connectivity index (χ4n) is 1.33. The van der Waals surface area contributed by atoms with Crippen molar-refractivity contribution < 1.29 is 19.8 Å². The van der Waals surface area contributed by atoms with Gasteiger partial charge < -0.3 is 10.2 Å². The quantitative estimate of drug-likeness (QED) is 0.581. The summed E-state index contributed by atoms with van der Waals surface area (Å²) in [6.45, 7) is 0.590. The standard InChI is InChI=1S/C7H10NO4/c9-6(10)4-1-2-8-3-5(4)7(11)12/h4-5H,1-3H2,(H,9,10)(H,11,12). The lowest BCUT2D eigenvalue weighted by Crippen LogP contribution is -2.41. The van der Waals surface area contributed by atoms with Crippen molar-refractivity contribution in [3.63, 3.8) is 0 Å². The van der Waals surface area contributed by atoms with Gasteiger partial charge in [-0.15, -0.1) is 0 Å². The number of piperidine rings is 1. The normalized spacial score (nSPS) is 29.7. The van der Waals surface area contributed by atoms with Crippen LogP contribution in [0.25, 0.3) is 0 Å². The number of rotatable bonds is 2. The van der Waals surface area contributed by atoms with Crippen molar-refractivity contribution in [2.24, 2.45) is 11.8 Å². The fourth-order valence-corrected chi connectivity index (χ4v) is 1.33. The molecule has 5 heteroatoms. The van der Waals surface area contributed by atoms with E-state index in [1.165, 1.54) is 0 Å². The first-order chi connectivity index (χ1) is 5.63. The minimum absolute atomic E-state index is 0.131. The Balaban J connectivity index is 2.67. The van der Waals surface area contributed by atoms with E-state index >= 15 is 0 Å². The number of nitrogens with zero attached hydrogens (tertiary/aromatic N) is 1. The van der Waals surface area contributed by atoms with Crippen LogP contribution in [-0.2, 0) is 9.59 Å². The van der Waals surface area contributed by atoms with Crippen molar-refractivity contribution >= 4 is 11.9 Å². The molecule has 0 aromatic rings. The second-order valence-corrected chi connectivity index (χ2v) is 2.81. The summed E-state index contributed by atoms with van der Waals surface area (Å²) in [4.78, 5) is 21.1. The van der Waals surface area contributed by atoms with Crippen LogP contribution in [0.1, 0.15) is 6.42 Å². The highest BCUT2D eigenvalue weighted by Crippen LogP contribution is 2.20. The smallest absolute Gasteiger partial charge is 0.308 e. The van der Waals surface area contributed by atoms with Gasteiger partial charge in [0.05, 0.1) is 11.8 Å². The molecular weight excluding hydrogens is 162 g/mol. The number of carbonyl (C=O) groups is 2. The highest BCUT2D eigenvalue weighted by molar-refractivity contribution is 5.80. The minimum Gasteiger partial charge on any atom is -0.481 e. The summed E-state index contributed by atoms with van der Waals surface area (Å²) in [5.74, 6) is -3.70. The largest absolute Gasteiger partial charge is 0.481 e. The molecule has 1 fully saturated rings. The zero-order valence-electron chi connectivity index (χ0n) is 6.43. The highest BCUT2D eigenvalue weighted by Gasteiger charge is 2.35. The Hall–Kier alpha value is -1.10. The van der Waals surface area contributed by atoms with Gasteiger partial charge in [0.25, 0.3) is 0 Å². The summed E-state index contributed by atoms with van der Waals surface area (Å²) in [7, 11) is 0. The zero-order valence-corrected chi connectivity index (χ0v) is 6.43. The Morgan fingerprint density at radius 2 is 1.75 bits per heavy atom. The zero-order chi connectivity index (χ0) is 9.14. The number of carboxylic acid groups (broad SMARTS) is 2. The van der Waals surface area contributed by atoms with Crippen molar-refractivity contribution in [2.45, 2.75) is 6.42 Å². The third-order valence-corrected chi connectivity index (χ3v) is 2.04. The lowest BCUT2D eigenvalue weighted by atomic mass is 9.87. The van der Waals surface area contributed by atoms with Crippen LogP contribution in [-0.4, -0.2) is 35.2 Å². The predicted octanol–water partition coefficient (Wildman–Crippen LogP) is -0.604. The van der Waals surface area contributed by atoms with Crippen molar-refractivity contribution in [1.82, 2.24) is 5.32 Å². The number of hydrogen-bond donors (Lipinski definition) is 2. The molecule has 1 aliphatic heterocycles. The van der Waals surface area contributed by atoms with Gasteiger partial charge in [-0.3, -0.25) is 9.59 Å². The average Bonchev–Trinajstić information content (AvgIpc) is 2.04. The maximum Gasteiger partial charge on any atom is 0.308 e. The van der Waals surface area contributed by atoms with E-state index in [-0.39, 0.29) is 6.54 Å². The Morgan fingerprint density at radius 1 is 1.17 bits per heavy atom. The lowest BCUT2D eigenvalue weighted by Gasteiger charge is -2.24. The molecule has 0 saturated carbocycles. The third-order valence-electron chi connectivity index (χ3n) is 2.04. The molecule has 0 amide bonds. The minimum atomic E-state index is -1.06. The molecular formula is C7H10NO4. The van der Waals surface area contributed by atoms with Gasteiger partial charge in [0, 0.05) is 13.1 Å². The molecule has 0 spiro atoms. The van der Waals surface area contributed by atoms with Crippen LogP contribution >= 0.6 is 0 Å². The molecule has 1 radical (unpaired) electrons. The second kappa shape index (κ2) is 3.53. The second-order valence-electron chi connectivity index (χ2n) is 2.81. The van der Waals surface area contributed by atoms with E-state index in [2.05, 4.69) is 5.32 Å². The van der Waals surface area contributed by atoms with Gasteiger partial charge in [-0.05, 0) is 6.42 Å². The predicted molar refractivity (Wildman–Crippen MR) is 38.7 cm³/mol. The fraction of sp³-hybridized carbons (Fsp3) is 0.714. The van der Waals surface area contributed by atoms with Gasteiger partial charge in [-0.2, -0.15) is 0 Å². The molecule has 67 valence electrons. The Bertz CT molecular complexity index is 182. The molecule has 2 unspecified atom stereocenters. The maximum atomic E-state index is 10.6. The molecule has 1 saturated heterocycles. The van der Waals surface area contributed by atoms with Crippen molar-refractivity contribution in [2.75, 3.05) is 13.1 Å². The summed E-state index contributed by atoms with van der Waals surface area (Å²) >= 11 is 0. The van der Waals surface area contributed by atoms with E-state index < -0.39 is 23.8 Å². The first kappa shape index (κ1) is 8.99. The van der Waals surface area contributed by atoms with Crippen LogP contribution in [0.2, 0.25) is 0 Å². The average molecular weight is 172 g/mol. The van der Waals surface area contributed by atoms with Gasteiger partial charge in [-0.25, -0.2) is 5.32 Å². The molecule has 0 bridgehead atoms. The molecule has 2 N–H and O–H groups in total. The van der Waals surface area contributed by atoms with E-state index in [9.17, 15) is 9.59 Å².